The number of nitrogens with two attached hydrogens (primary N) is 1. The molecule has 1 amide bonds. The van der Waals surface area contributed by atoms with Gasteiger partial charge in [-0.2, -0.15) is 0 Å². The summed E-state index contributed by atoms with van der Waals surface area (Å²) in [5, 5.41) is 11.2. The number of hydrogen-bond acceptors (Lipinski definition) is 3. The van der Waals surface area contributed by atoms with Crippen LogP contribution in [0.25, 0.3) is 0 Å². The van der Waals surface area contributed by atoms with Gasteiger partial charge in [0.2, 0.25) is 5.91 Å². The number of amides is 1. The molecule has 0 radical (unpaired) electrons. The van der Waals surface area contributed by atoms with Gasteiger partial charge < -0.3 is 16.2 Å². The van der Waals surface area contributed by atoms with Gasteiger partial charge in [0, 0.05) is 6.42 Å². The predicted octanol–water partition coefficient (Wildman–Crippen LogP) is 0.424. The van der Waals surface area contributed by atoms with Crippen molar-refractivity contribution in [3.8, 4) is 0 Å². The minimum absolute atomic E-state index is 0.162. The van der Waals surface area contributed by atoms with Crippen LogP contribution in [0.5, 0.6) is 0 Å². The van der Waals surface area contributed by atoms with E-state index in [4.69, 9.17) is 10.8 Å². The third kappa shape index (κ3) is 4.29. The first-order valence-corrected chi connectivity index (χ1v) is 5.54. The van der Waals surface area contributed by atoms with Gasteiger partial charge in [-0.15, -0.1) is 0 Å². The second-order valence-electron chi connectivity index (χ2n) is 4.14. The summed E-state index contributed by atoms with van der Waals surface area (Å²) in [5.74, 6) is -4.00. The molecule has 5 nitrogen and oxygen atoms in total. The SMILES string of the molecule is C[C@@H](N)C(=O)NC(Cc1ccc(F)c(F)c1)C(=O)O. The Labute approximate surface area is 108 Å². The smallest absolute Gasteiger partial charge is 0.326 e. The van der Waals surface area contributed by atoms with Crippen LogP contribution in [0.1, 0.15) is 12.5 Å². The van der Waals surface area contributed by atoms with Gasteiger partial charge in [-0.1, -0.05) is 6.07 Å². The number of rotatable bonds is 5. The van der Waals surface area contributed by atoms with Crippen LogP contribution in [-0.2, 0) is 16.0 Å². The largest absolute Gasteiger partial charge is 0.480 e. The lowest BCUT2D eigenvalue weighted by atomic mass is 10.1. The fraction of sp³-hybridized carbons (Fsp3) is 0.333. The fourth-order valence-electron chi connectivity index (χ4n) is 1.41. The first-order valence-electron chi connectivity index (χ1n) is 5.54. The lowest BCUT2D eigenvalue weighted by molar-refractivity contribution is -0.141. The van der Waals surface area contributed by atoms with E-state index in [0.29, 0.717) is 0 Å². The Morgan fingerprint density at radius 3 is 2.47 bits per heavy atom. The minimum atomic E-state index is -1.28. The van der Waals surface area contributed by atoms with E-state index >= 15 is 0 Å². The maximum Gasteiger partial charge on any atom is 0.326 e. The quantitative estimate of drug-likeness (QED) is 0.724. The number of halogens is 2. The lowest BCUT2D eigenvalue weighted by Gasteiger charge is -2.16. The first kappa shape index (κ1) is 15.0. The lowest BCUT2D eigenvalue weighted by Crippen LogP contribution is -2.48. The third-order valence-electron chi connectivity index (χ3n) is 2.45. The van der Waals surface area contributed by atoms with Crippen molar-refractivity contribution in [1.82, 2.24) is 5.32 Å². The predicted molar refractivity (Wildman–Crippen MR) is 63.3 cm³/mol. The van der Waals surface area contributed by atoms with Crippen molar-refractivity contribution in [3.63, 3.8) is 0 Å². The number of carbonyl (C=O) groups is 2. The molecule has 1 aromatic carbocycles. The molecule has 0 aliphatic rings. The molecule has 0 saturated heterocycles. The molecule has 104 valence electrons. The van der Waals surface area contributed by atoms with Crippen LogP contribution in [-0.4, -0.2) is 29.1 Å². The summed E-state index contributed by atoms with van der Waals surface area (Å²) in [7, 11) is 0. The molecule has 0 bridgehead atoms. The van der Waals surface area contributed by atoms with Crippen molar-refractivity contribution in [2.75, 3.05) is 0 Å². The number of benzene rings is 1. The van der Waals surface area contributed by atoms with Crippen LogP contribution in [0.2, 0.25) is 0 Å². The number of carboxylic acids is 1. The number of carboxylic acid groups (broad SMARTS) is 1. The average Bonchev–Trinajstić information content (AvgIpc) is 2.32. The van der Waals surface area contributed by atoms with Crippen molar-refractivity contribution in [3.05, 3.63) is 35.4 Å². The standard InChI is InChI=1S/C12H14F2N2O3/c1-6(15)11(17)16-10(12(18)19)5-7-2-3-8(13)9(14)4-7/h2-4,6,10H,5,15H2,1H3,(H,16,17)(H,18,19)/t6-,10?/m1/s1. The Hall–Kier alpha value is -2.02. The molecule has 0 heterocycles. The first-order chi connectivity index (χ1) is 8.81. The second-order valence-corrected chi connectivity index (χ2v) is 4.14. The van der Waals surface area contributed by atoms with Gasteiger partial charge in [0.25, 0.3) is 0 Å². The zero-order valence-electron chi connectivity index (χ0n) is 10.2. The normalized spacial score (nSPS) is 13.7. The van der Waals surface area contributed by atoms with Crippen LogP contribution in [0.15, 0.2) is 18.2 Å². The van der Waals surface area contributed by atoms with E-state index in [0.717, 1.165) is 12.1 Å². The summed E-state index contributed by atoms with van der Waals surface area (Å²) < 4.78 is 25.7. The van der Waals surface area contributed by atoms with Gasteiger partial charge in [0.1, 0.15) is 6.04 Å². The number of aliphatic carboxylic acids is 1. The summed E-state index contributed by atoms with van der Waals surface area (Å²) in [5.41, 5.74) is 5.57. The van der Waals surface area contributed by atoms with Gasteiger partial charge >= 0.3 is 5.97 Å². The van der Waals surface area contributed by atoms with Crippen molar-refractivity contribution in [2.45, 2.75) is 25.4 Å². The molecule has 0 aromatic heterocycles. The summed E-state index contributed by atoms with van der Waals surface area (Å²) >= 11 is 0. The highest BCUT2D eigenvalue weighted by atomic mass is 19.2. The zero-order chi connectivity index (χ0) is 14.6. The van der Waals surface area contributed by atoms with Gasteiger partial charge in [-0.25, -0.2) is 13.6 Å². The van der Waals surface area contributed by atoms with Crippen molar-refractivity contribution in [2.24, 2.45) is 5.73 Å². The molecule has 0 aliphatic carbocycles. The van der Waals surface area contributed by atoms with E-state index in [1.54, 1.807) is 0 Å². The highest BCUT2D eigenvalue weighted by molar-refractivity contribution is 5.86. The molecule has 1 unspecified atom stereocenters. The summed E-state index contributed by atoms with van der Waals surface area (Å²) in [6.07, 6.45) is -0.162. The Balaban J connectivity index is 2.81. The Kier molecular flexibility index (Phi) is 4.94. The van der Waals surface area contributed by atoms with E-state index in [1.807, 2.05) is 0 Å². The summed E-state index contributed by atoms with van der Waals surface area (Å²) in [6, 6.07) is 0.947. The van der Waals surface area contributed by atoms with Crippen LogP contribution >= 0.6 is 0 Å². The Morgan fingerprint density at radius 2 is 2.00 bits per heavy atom. The topological polar surface area (TPSA) is 92.4 Å². The molecule has 0 spiro atoms. The zero-order valence-corrected chi connectivity index (χ0v) is 10.2. The monoisotopic (exact) mass is 272 g/mol. The van der Waals surface area contributed by atoms with E-state index in [-0.39, 0.29) is 12.0 Å². The molecule has 1 rings (SSSR count). The molecule has 0 aliphatic heterocycles. The highest BCUT2D eigenvalue weighted by Crippen LogP contribution is 2.10. The highest BCUT2D eigenvalue weighted by Gasteiger charge is 2.22. The van der Waals surface area contributed by atoms with E-state index in [9.17, 15) is 18.4 Å². The molecule has 4 N–H and O–H groups in total. The molecule has 7 heteroatoms. The molecule has 1 aromatic rings. The van der Waals surface area contributed by atoms with Crippen LogP contribution in [0, 0.1) is 11.6 Å². The van der Waals surface area contributed by atoms with Crippen LogP contribution in [0.4, 0.5) is 8.78 Å². The number of hydrogen-bond donors (Lipinski definition) is 3. The van der Waals surface area contributed by atoms with Crippen LogP contribution in [0.3, 0.4) is 0 Å². The minimum Gasteiger partial charge on any atom is -0.480 e. The van der Waals surface area contributed by atoms with Gasteiger partial charge in [0.15, 0.2) is 11.6 Å². The van der Waals surface area contributed by atoms with Gasteiger partial charge in [-0.05, 0) is 24.6 Å². The molecule has 0 fully saturated rings. The summed E-state index contributed by atoms with van der Waals surface area (Å²) in [4.78, 5) is 22.3. The van der Waals surface area contributed by atoms with E-state index in [1.165, 1.54) is 13.0 Å². The van der Waals surface area contributed by atoms with Crippen molar-refractivity contribution in [1.29, 1.82) is 0 Å². The average molecular weight is 272 g/mol. The molecule has 19 heavy (non-hydrogen) atoms. The van der Waals surface area contributed by atoms with E-state index < -0.39 is 35.6 Å². The van der Waals surface area contributed by atoms with Gasteiger partial charge in [-0.3, -0.25) is 4.79 Å². The Bertz CT molecular complexity index is 492. The van der Waals surface area contributed by atoms with Gasteiger partial charge in [0.05, 0.1) is 6.04 Å². The molecular formula is C12H14F2N2O3. The fourth-order valence-corrected chi connectivity index (χ4v) is 1.41. The maximum atomic E-state index is 13.0. The van der Waals surface area contributed by atoms with Crippen molar-refractivity contribution < 1.29 is 23.5 Å². The third-order valence-corrected chi connectivity index (χ3v) is 2.45. The Morgan fingerprint density at radius 1 is 1.37 bits per heavy atom. The number of nitrogens with one attached hydrogen (secondary N) is 1. The van der Waals surface area contributed by atoms with Crippen LogP contribution < -0.4 is 11.1 Å². The molecule has 0 saturated carbocycles. The second kappa shape index (κ2) is 6.24. The molecular weight excluding hydrogens is 258 g/mol. The molecule has 2 atom stereocenters. The summed E-state index contributed by atoms with van der Waals surface area (Å²) in [6.45, 7) is 1.41. The maximum absolute atomic E-state index is 13.0. The van der Waals surface area contributed by atoms with Crippen molar-refractivity contribution >= 4 is 11.9 Å². The number of carbonyl (C=O) groups excluding carboxylic acids is 1. The van der Waals surface area contributed by atoms with E-state index in [2.05, 4.69) is 5.32 Å².